The molecule has 22 heavy (non-hydrogen) atoms. The highest BCUT2D eigenvalue weighted by atomic mass is 32.2. The van der Waals surface area contributed by atoms with E-state index in [2.05, 4.69) is 24.0 Å². The lowest BCUT2D eigenvalue weighted by atomic mass is 10.1. The molecule has 0 radical (unpaired) electrons. The van der Waals surface area contributed by atoms with Crippen molar-refractivity contribution < 1.29 is 13.2 Å². The zero-order valence-corrected chi connectivity index (χ0v) is 13.3. The van der Waals surface area contributed by atoms with E-state index in [1.807, 2.05) is 18.2 Å². The minimum atomic E-state index is -2.39. The first kappa shape index (κ1) is 16.6. The van der Waals surface area contributed by atoms with Gasteiger partial charge in [0.25, 0.3) is 0 Å². The van der Waals surface area contributed by atoms with E-state index in [4.69, 9.17) is 0 Å². The van der Waals surface area contributed by atoms with E-state index in [1.54, 1.807) is 6.07 Å². The van der Waals surface area contributed by atoms with Crippen molar-refractivity contribution in [2.45, 2.75) is 24.7 Å². The van der Waals surface area contributed by atoms with Crippen LogP contribution >= 0.6 is 0 Å². The molecule has 0 aromatic heterocycles. The van der Waals surface area contributed by atoms with E-state index >= 15 is 0 Å². The van der Waals surface area contributed by atoms with Crippen molar-refractivity contribution in [2.24, 2.45) is 0 Å². The Morgan fingerprint density at radius 1 is 1.18 bits per heavy atom. The van der Waals surface area contributed by atoms with Crippen molar-refractivity contribution in [3.8, 4) is 0 Å². The maximum absolute atomic E-state index is 13.9. The molecule has 3 nitrogen and oxygen atoms in total. The number of nitrogens with zero attached hydrogens (tertiary/aromatic N) is 1. The predicted molar refractivity (Wildman–Crippen MR) is 86.2 cm³/mol. The SMILES string of the molecule is CCN(CCCc1ccc(S(=O)[O-])cc1F)c1ccccc1. The van der Waals surface area contributed by atoms with E-state index in [-0.39, 0.29) is 4.90 Å². The molecule has 1 unspecified atom stereocenters. The van der Waals surface area contributed by atoms with Gasteiger partial charge >= 0.3 is 0 Å². The molecule has 1 atom stereocenters. The Morgan fingerprint density at radius 2 is 1.91 bits per heavy atom. The van der Waals surface area contributed by atoms with Gasteiger partial charge in [0, 0.05) is 23.7 Å². The van der Waals surface area contributed by atoms with Crippen LogP contribution in [0.2, 0.25) is 0 Å². The first-order chi connectivity index (χ1) is 10.6. The second-order valence-electron chi connectivity index (χ2n) is 5.01. The first-order valence-electron chi connectivity index (χ1n) is 7.29. The van der Waals surface area contributed by atoms with Crippen molar-refractivity contribution in [2.75, 3.05) is 18.0 Å². The zero-order chi connectivity index (χ0) is 15.9. The Labute approximate surface area is 133 Å². The quantitative estimate of drug-likeness (QED) is 0.733. The smallest absolute Gasteiger partial charge is 0.127 e. The molecule has 5 heteroatoms. The molecule has 2 aromatic rings. The van der Waals surface area contributed by atoms with Gasteiger partial charge in [0.15, 0.2) is 0 Å². The van der Waals surface area contributed by atoms with Crippen LogP contribution in [0.25, 0.3) is 0 Å². The van der Waals surface area contributed by atoms with Crippen LogP contribution in [0.3, 0.4) is 0 Å². The zero-order valence-electron chi connectivity index (χ0n) is 12.5. The lowest BCUT2D eigenvalue weighted by Crippen LogP contribution is -2.24. The number of aryl methyl sites for hydroxylation is 1. The number of benzene rings is 2. The van der Waals surface area contributed by atoms with Crippen LogP contribution in [-0.2, 0) is 17.5 Å². The standard InChI is InChI=1S/C17H20FNO2S/c1-2-19(15-8-4-3-5-9-15)12-6-7-14-10-11-16(22(20)21)13-17(14)18/h3-5,8-11,13H,2,6-7,12H2,1H3,(H,20,21)/p-1. The fourth-order valence-corrected chi connectivity index (χ4v) is 2.78. The van der Waals surface area contributed by atoms with Crippen LogP contribution in [0.15, 0.2) is 53.4 Å². The predicted octanol–water partition coefficient (Wildman–Crippen LogP) is 3.52. The molecule has 0 heterocycles. The second kappa shape index (κ2) is 8.06. The van der Waals surface area contributed by atoms with Gasteiger partial charge in [0.2, 0.25) is 0 Å². The number of rotatable bonds is 7. The Bertz CT molecular complexity index is 634. The largest absolute Gasteiger partial charge is 0.768 e. The summed E-state index contributed by atoms with van der Waals surface area (Å²) in [4.78, 5) is 2.22. The normalized spacial score (nSPS) is 12.1. The Morgan fingerprint density at radius 3 is 2.50 bits per heavy atom. The molecule has 0 saturated heterocycles. The molecule has 0 aliphatic carbocycles. The molecule has 0 aliphatic heterocycles. The van der Waals surface area contributed by atoms with Crippen molar-refractivity contribution >= 4 is 16.8 Å². The molecule has 0 N–H and O–H groups in total. The van der Waals surface area contributed by atoms with E-state index in [9.17, 15) is 13.2 Å². The van der Waals surface area contributed by atoms with Crippen molar-refractivity contribution in [3.05, 3.63) is 59.9 Å². The topological polar surface area (TPSA) is 43.4 Å². The van der Waals surface area contributed by atoms with Gasteiger partial charge < -0.3 is 9.45 Å². The molecule has 0 saturated carbocycles. The molecular formula is C17H19FNO2S-. The van der Waals surface area contributed by atoms with Gasteiger partial charge in [-0.25, -0.2) is 4.39 Å². The van der Waals surface area contributed by atoms with Crippen LogP contribution < -0.4 is 4.90 Å². The van der Waals surface area contributed by atoms with Gasteiger partial charge in [-0.15, -0.1) is 0 Å². The molecule has 118 valence electrons. The molecule has 2 aromatic carbocycles. The van der Waals surface area contributed by atoms with Gasteiger partial charge in [-0.3, -0.25) is 4.21 Å². The van der Waals surface area contributed by atoms with E-state index < -0.39 is 16.9 Å². The highest BCUT2D eigenvalue weighted by molar-refractivity contribution is 7.79. The maximum Gasteiger partial charge on any atom is 0.127 e. The summed E-state index contributed by atoms with van der Waals surface area (Å²) in [6.07, 6.45) is 1.39. The molecule has 0 bridgehead atoms. The van der Waals surface area contributed by atoms with Crippen LogP contribution in [0, 0.1) is 5.82 Å². The van der Waals surface area contributed by atoms with Crippen molar-refractivity contribution in [1.29, 1.82) is 0 Å². The van der Waals surface area contributed by atoms with Gasteiger partial charge in [0.1, 0.15) is 5.82 Å². The minimum Gasteiger partial charge on any atom is -0.768 e. The summed E-state index contributed by atoms with van der Waals surface area (Å²) in [5.41, 5.74) is 1.71. The van der Waals surface area contributed by atoms with Crippen LogP contribution in [0.1, 0.15) is 18.9 Å². The van der Waals surface area contributed by atoms with Gasteiger partial charge in [-0.1, -0.05) is 24.3 Å². The molecular weight excluding hydrogens is 301 g/mol. The minimum absolute atomic E-state index is 0.0132. The summed E-state index contributed by atoms with van der Waals surface area (Å²) in [5, 5.41) is 0. The fraction of sp³-hybridized carbons (Fsp3) is 0.294. The lowest BCUT2D eigenvalue weighted by Gasteiger charge is -2.23. The summed E-state index contributed by atoms with van der Waals surface area (Å²) < 4.78 is 35.4. The fourth-order valence-electron chi connectivity index (χ4n) is 2.40. The summed E-state index contributed by atoms with van der Waals surface area (Å²) >= 11 is -2.39. The van der Waals surface area contributed by atoms with E-state index in [1.165, 1.54) is 6.07 Å². The van der Waals surface area contributed by atoms with E-state index in [0.717, 1.165) is 31.3 Å². The Balaban J connectivity index is 1.94. The third-order valence-corrected chi connectivity index (χ3v) is 4.23. The molecule has 0 amide bonds. The monoisotopic (exact) mass is 320 g/mol. The van der Waals surface area contributed by atoms with Crippen LogP contribution in [0.5, 0.6) is 0 Å². The van der Waals surface area contributed by atoms with E-state index in [0.29, 0.717) is 12.0 Å². The number of para-hydroxylation sites is 1. The Hall–Kier alpha value is -1.72. The van der Waals surface area contributed by atoms with Gasteiger partial charge in [-0.05, 0) is 60.7 Å². The van der Waals surface area contributed by atoms with Crippen molar-refractivity contribution in [3.63, 3.8) is 0 Å². The third kappa shape index (κ3) is 4.39. The highest BCUT2D eigenvalue weighted by Gasteiger charge is 2.07. The lowest BCUT2D eigenvalue weighted by molar-refractivity contribution is 0.534. The molecule has 0 aliphatic rings. The number of anilines is 1. The third-order valence-electron chi connectivity index (χ3n) is 3.59. The summed E-state index contributed by atoms with van der Waals surface area (Å²) in [6, 6.07) is 14.2. The van der Waals surface area contributed by atoms with Crippen LogP contribution in [0.4, 0.5) is 10.1 Å². The molecule has 2 rings (SSSR count). The first-order valence-corrected chi connectivity index (χ1v) is 8.37. The van der Waals surface area contributed by atoms with Crippen molar-refractivity contribution in [1.82, 2.24) is 0 Å². The average Bonchev–Trinajstić information content (AvgIpc) is 2.53. The molecule has 0 spiro atoms. The maximum atomic E-state index is 13.9. The van der Waals surface area contributed by atoms with Gasteiger partial charge in [-0.2, -0.15) is 0 Å². The number of halogens is 1. The summed E-state index contributed by atoms with van der Waals surface area (Å²) in [5.74, 6) is -0.454. The summed E-state index contributed by atoms with van der Waals surface area (Å²) in [6.45, 7) is 3.81. The average molecular weight is 320 g/mol. The molecule has 0 fully saturated rings. The Kier molecular flexibility index (Phi) is 6.10. The number of hydrogen-bond donors (Lipinski definition) is 0. The highest BCUT2D eigenvalue weighted by Crippen LogP contribution is 2.17. The second-order valence-corrected chi connectivity index (χ2v) is 5.95. The summed E-state index contributed by atoms with van der Waals surface area (Å²) in [7, 11) is 0. The van der Waals surface area contributed by atoms with Gasteiger partial charge in [0.05, 0.1) is 0 Å². The van der Waals surface area contributed by atoms with Crippen LogP contribution in [-0.4, -0.2) is 21.9 Å². The number of hydrogen-bond acceptors (Lipinski definition) is 3.